The van der Waals surface area contributed by atoms with Gasteiger partial charge in [-0.15, -0.1) is 0 Å². The molecule has 1 heterocycles. The summed E-state index contributed by atoms with van der Waals surface area (Å²) in [6.45, 7) is 14.3. The third kappa shape index (κ3) is 3.72. The Labute approximate surface area is 166 Å². The van der Waals surface area contributed by atoms with E-state index in [1.54, 1.807) is 13.8 Å². The average molecular weight is 380 g/mol. The van der Waals surface area contributed by atoms with Gasteiger partial charge in [-0.2, -0.15) is 0 Å². The maximum absolute atomic E-state index is 8.25. The number of nitrogens with zero attached hydrogens (tertiary/aromatic N) is 2. The lowest BCUT2D eigenvalue weighted by Gasteiger charge is -2.19. The predicted molar refractivity (Wildman–Crippen MR) is 117 cm³/mol. The molecule has 1 aliphatic rings. The first kappa shape index (κ1) is 19.9. The van der Waals surface area contributed by atoms with E-state index < -0.39 is 0 Å². The molecule has 0 radical (unpaired) electrons. The van der Waals surface area contributed by atoms with E-state index in [4.69, 9.17) is 15.7 Å². The van der Waals surface area contributed by atoms with Gasteiger partial charge < -0.3 is 21.0 Å². The molecule has 0 saturated heterocycles. The Hall–Kier alpha value is -2.89. The fraction of sp³-hybridized carbons (Fsp3) is 0.409. The normalized spacial score (nSPS) is 15.8. The molecule has 1 fully saturated rings. The van der Waals surface area contributed by atoms with Crippen molar-refractivity contribution in [2.75, 3.05) is 11.9 Å². The monoisotopic (exact) mass is 379 g/mol. The Balaban J connectivity index is 2.24. The van der Waals surface area contributed by atoms with Crippen molar-refractivity contribution in [3.05, 3.63) is 34.8 Å². The Bertz CT molecular complexity index is 956. The molecule has 1 aromatic carbocycles. The van der Waals surface area contributed by atoms with Crippen LogP contribution in [0.25, 0.3) is 16.7 Å². The van der Waals surface area contributed by atoms with Gasteiger partial charge in [-0.05, 0) is 70.4 Å². The highest BCUT2D eigenvalue weighted by atomic mass is 16.5. The lowest BCUT2D eigenvalue weighted by Crippen LogP contribution is -2.13. The SMILES string of the molecule is C=Nc1c(NCC2(C)CC2)cc(-c2c(C)noc2C)cc1C(C(C)=N)=C(C)N. The number of aromatic nitrogens is 1. The second kappa shape index (κ2) is 7.26. The molecule has 2 aromatic rings. The van der Waals surface area contributed by atoms with Crippen LogP contribution in [0.4, 0.5) is 11.4 Å². The number of nitrogens with two attached hydrogens (primary N) is 1. The number of nitrogens with one attached hydrogen (secondary N) is 2. The summed E-state index contributed by atoms with van der Waals surface area (Å²) in [5, 5.41) is 15.9. The van der Waals surface area contributed by atoms with Crippen LogP contribution in [0.1, 0.15) is 50.6 Å². The van der Waals surface area contributed by atoms with Crippen LogP contribution in [0.15, 0.2) is 27.3 Å². The molecule has 148 valence electrons. The van der Waals surface area contributed by atoms with Crippen LogP contribution in [-0.4, -0.2) is 24.1 Å². The molecule has 0 amide bonds. The fourth-order valence-electron chi connectivity index (χ4n) is 3.58. The number of benzene rings is 1. The molecule has 28 heavy (non-hydrogen) atoms. The quantitative estimate of drug-likeness (QED) is 0.573. The molecule has 0 spiro atoms. The zero-order chi connectivity index (χ0) is 20.6. The van der Waals surface area contributed by atoms with Crippen LogP contribution in [-0.2, 0) is 0 Å². The van der Waals surface area contributed by atoms with E-state index >= 15 is 0 Å². The molecule has 1 saturated carbocycles. The van der Waals surface area contributed by atoms with Crippen LogP contribution in [0.3, 0.4) is 0 Å². The lowest BCUT2D eigenvalue weighted by molar-refractivity contribution is 0.393. The van der Waals surface area contributed by atoms with Crippen LogP contribution < -0.4 is 11.1 Å². The van der Waals surface area contributed by atoms with Crippen molar-refractivity contribution in [2.24, 2.45) is 16.1 Å². The zero-order valence-corrected chi connectivity index (χ0v) is 17.4. The van der Waals surface area contributed by atoms with Crippen molar-refractivity contribution in [3.63, 3.8) is 0 Å². The summed E-state index contributed by atoms with van der Waals surface area (Å²) in [4.78, 5) is 4.31. The largest absolute Gasteiger partial charge is 0.402 e. The third-order valence-corrected chi connectivity index (χ3v) is 5.44. The third-order valence-electron chi connectivity index (χ3n) is 5.44. The molecule has 0 aliphatic heterocycles. The highest BCUT2D eigenvalue weighted by Crippen LogP contribution is 2.46. The van der Waals surface area contributed by atoms with E-state index in [-0.39, 0.29) is 0 Å². The maximum atomic E-state index is 8.25. The van der Waals surface area contributed by atoms with Gasteiger partial charge in [0.25, 0.3) is 0 Å². The van der Waals surface area contributed by atoms with Gasteiger partial charge in [0.1, 0.15) is 5.76 Å². The van der Waals surface area contributed by atoms with Gasteiger partial charge in [0.2, 0.25) is 0 Å². The highest BCUT2D eigenvalue weighted by Gasteiger charge is 2.37. The number of allylic oxidation sites excluding steroid dienone is 2. The van der Waals surface area contributed by atoms with Gasteiger partial charge >= 0.3 is 0 Å². The molecule has 3 rings (SSSR count). The van der Waals surface area contributed by atoms with E-state index in [0.717, 1.165) is 40.4 Å². The number of rotatable bonds is 7. The number of hydrogen-bond acceptors (Lipinski definition) is 6. The van der Waals surface area contributed by atoms with Gasteiger partial charge in [0.15, 0.2) is 0 Å². The van der Waals surface area contributed by atoms with Crippen molar-refractivity contribution in [2.45, 2.75) is 47.5 Å². The number of hydrogen-bond donors (Lipinski definition) is 3. The molecular weight excluding hydrogens is 350 g/mol. The van der Waals surface area contributed by atoms with Crippen molar-refractivity contribution in [3.8, 4) is 11.1 Å². The summed E-state index contributed by atoms with van der Waals surface area (Å²) in [5.74, 6) is 0.754. The topological polar surface area (TPSA) is 100 Å². The van der Waals surface area contributed by atoms with E-state index in [1.165, 1.54) is 12.8 Å². The van der Waals surface area contributed by atoms with E-state index in [0.29, 0.717) is 28.1 Å². The van der Waals surface area contributed by atoms with Crippen molar-refractivity contribution < 1.29 is 4.52 Å². The minimum atomic E-state index is 0.331. The molecule has 4 N–H and O–H groups in total. The molecule has 0 atom stereocenters. The molecule has 1 aliphatic carbocycles. The van der Waals surface area contributed by atoms with Crippen molar-refractivity contribution >= 4 is 29.4 Å². The maximum Gasteiger partial charge on any atom is 0.141 e. The van der Waals surface area contributed by atoms with Gasteiger partial charge in [-0.25, -0.2) is 0 Å². The van der Waals surface area contributed by atoms with Crippen molar-refractivity contribution in [1.82, 2.24) is 5.16 Å². The summed E-state index contributed by atoms with van der Waals surface area (Å²) in [6, 6.07) is 4.07. The first-order chi connectivity index (χ1) is 13.2. The zero-order valence-electron chi connectivity index (χ0n) is 17.4. The average Bonchev–Trinajstić information content (AvgIpc) is 3.26. The van der Waals surface area contributed by atoms with E-state index in [1.807, 2.05) is 19.9 Å². The summed E-state index contributed by atoms with van der Waals surface area (Å²) >= 11 is 0. The summed E-state index contributed by atoms with van der Waals surface area (Å²) in [6.07, 6.45) is 2.44. The Morgan fingerprint density at radius 3 is 2.50 bits per heavy atom. The Morgan fingerprint density at radius 1 is 1.36 bits per heavy atom. The number of aryl methyl sites for hydroxylation is 2. The van der Waals surface area contributed by atoms with Crippen LogP contribution in [0.2, 0.25) is 0 Å². The Kier molecular flexibility index (Phi) is 5.15. The van der Waals surface area contributed by atoms with Crippen LogP contribution >= 0.6 is 0 Å². The first-order valence-electron chi connectivity index (χ1n) is 9.51. The van der Waals surface area contributed by atoms with Crippen LogP contribution in [0, 0.1) is 24.7 Å². The molecule has 6 nitrogen and oxygen atoms in total. The molecule has 0 bridgehead atoms. The molecular formula is C22H29N5O. The summed E-state index contributed by atoms with van der Waals surface area (Å²) in [5.41, 5.74) is 13.3. The smallest absolute Gasteiger partial charge is 0.141 e. The second-order valence-electron chi connectivity index (χ2n) is 8.12. The highest BCUT2D eigenvalue weighted by molar-refractivity contribution is 6.23. The van der Waals surface area contributed by atoms with Gasteiger partial charge in [-0.1, -0.05) is 12.1 Å². The number of anilines is 1. The first-order valence-corrected chi connectivity index (χ1v) is 9.51. The Morgan fingerprint density at radius 2 is 2.04 bits per heavy atom. The van der Waals surface area contributed by atoms with Gasteiger partial charge in [-0.3, -0.25) is 4.99 Å². The molecule has 6 heteroatoms. The van der Waals surface area contributed by atoms with Crippen LogP contribution in [0.5, 0.6) is 0 Å². The second-order valence-corrected chi connectivity index (χ2v) is 8.12. The van der Waals surface area contributed by atoms with Crippen molar-refractivity contribution in [1.29, 1.82) is 5.41 Å². The van der Waals surface area contributed by atoms with E-state index in [2.05, 4.69) is 35.2 Å². The van der Waals surface area contributed by atoms with Gasteiger partial charge in [0, 0.05) is 34.7 Å². The lowest BCUT2D eigenvalue weighted by atomic mass is 9.92. The summed E-state index contributed by atoms with van der Waals surface area (Å²) in [7, 11) is 0. The predicted octanol–water partition coefficient (Wildman–Crippen LogP) is 5.23. The standard InChI is InChI=1S/C22H29N5O/c1-12(23)19(13(2)24)17-9-16(20-14(3)27-28-15(20)4)10-18(21(17)25-6)26-11-22(5)7-8-22/h9-10,23,26H,6-8,11,24H2,1-5H3. The van der Waals surface area contributed by atoms with E-state index in [9.17, 15) is 0 Å². The molecule has 1 aromatic heterocycles. The fourth-order valence-corrected chi connectivity index (χ4v) is 3.58. The van der Waals surface area contributed by atoms with Gasteiger partial charge in [0.05, 0.1) is 17.1 Å². The number of aliphatic imine (C=N–C) groups is 1. The minimum Gasteiger partial charge on any atom is -0.402 e. The minimum absolute atomic E-state index is 0.331. The molecule has 0 unspecified atom stereocenters. The summed E-state index contributed by atoms with van der Waals surface area (Å²) < 4.78 is 5.38.